The van der Waals surface area contributed by atoms with Gasteiger partial charge >= 0.3 is 0 Å². The summed E-state index contributed by atoms with van der Waals surface area (Å²) in [5.41, 5.74) is 0. The maximum Gasteiger partial charge on any atom is 0.130 e. The number of likely N-dealkylation sites (N-methyl/N-ethyl adjacent to an activating group) is 1. The van der Waals surface area contributed by atoms with Gasteiger partial charge < -0.3 is 4.74 Å². The molecule has 44 valence electrons. The van der Waals surface area contributed by atoms with Crippen LogP contribution in [-0.4, -0.2) is 25.3 Å². The molecule has 0 aromatic rings. The summed E-state index contributed by atoms with van der Waals surface area (Å²) in [6.45, 7) is 2.95. The zero-order valence-corrected chi connectivity index (χ0v) is 5.09. The molecule has 0 aliphatic carbocycles. The number of hydrogen-bond acceptors (Lipinski definition) is 2. The predicted molar refractivity (Wildman–Crippen MR) is 30.9 cm³/mol. The molecule has 1 aliphatic heterocycles. The molecule has 1 unspecified atom stereocenters. The Morgan fingerprint density at radius 2 is 2.50 bits per heavy atom. The molecule has 8 heavy (non-hydrogen) atoms. The highest BCUT2D eigenvalue weighted by atomic mass is 16.5. The van der Waals surface area contributed by atoms with E-state index in [2.05, 4.69) is 6.54 Å². The van der Waals surface area contributed by atoms with Gasteiger partial charge in [0.2, 0.25) is 0 Å². The van der Waals surface area contributed by atoms with Crippen molar-refractivity contribution in [3.63, 3.8) is 0 Å². The molecule has 1 rings (SSSR count). The van der Waals surface area contributed by atoms with E-state index in [4.69, 9.17) is 4.74 Å². The molecule has 2 radical (unpaired) electrons. The largest absolute Gasteiger partial charge is 0.363 e. The molecule has 0 saturated heterocycles. The average Bonchev–Trinajstić information content (AvgIpc) is 2.14. The molecular formula is C6H9NO. The Bertz CT molecular complexity index is 101. The fraction of sp³-hybridized carbons (Fsp3) is 0.500. The zero-order chi connectivity index (χ0) is 5.98. The Morgan fingerprint density at radius 3 is 2.75 bits per heavy atom. The molecule has 2 heteroatoms. The van der Waals surface area contributed by atoms with Crippen molar-refractivity contribution < 1.29 is 4.74 Å². The van der Waals surface area contributed by atoms with Gasteiger partial charge in [0.25, 0.3) is 0 Å². The van der Waals surface area contributed by atoms with Crippen LogP contribution in [0.5, 0.6) is 0 Å². The second-order valence-corrected chi connectivity index (χ2v) is 1.73. The number of hydrogen-bond donors (Lipinski definition) is 0. The molecule has 0 spiro atoms. The molecule has 0 N–H and O–H groups in total. The van der Waals surface area contributed by atoms with Gasteiger partial charge in [-0.05, 0) is 13.1 Å². The maximum atomic E-state index is 5.00. The second kappa shape index (κ2) is 2.29. The smallest absolute Gasteiger partial charge is 0.130 e. The van der Waals surface area contributed by atoms with Gasteiger partial charge in [0.15, 0.2) is 0 Å². The molecule has 0 aromatic carbocycles. The summed E-state index contributed by atoms with van der Waals surface area (Å²) in [6, 6.07) is 0. The van der Waals surface area contributed by atoms with Gasteiger partial charge in [-0.3, -0.25) is 4.90 Å². The normalized spacial score (nSPS) is 29.5. The van der Waals surface area contributed by atoms with E-state index in [1.165, 1.54) is 0 Å². The Hall–Kier alpha value is -0.340. The molecule has 0 fully saturated rings. The highest BCUT2D eigenvalue weighted by Gasteiger charge is 2.13. The van der Waals surface area contributed by atoms with Crippen LogP contribution in [-0.2, 0) is 4.74 Å². The standard InChI is InChI=1S/C6H9NO/c1-7-5-3-4-6(7)8-2/h3-4,6H,1-2H3. The fourth-order valence-corrected chi connectivity index (χ4v) is 0.682. The molecule has 1 aliphatic rings. The third-order valence-corrected chi connectivity index (χ3v) is 1.16. The van der Waals surface area contributed by atoms with Crippen LogP contribution >= 0.6 is 0 Å². The molecule has 1 atom stereocenters. The van der Waals surface area contributed by atoms with E-state index in [0.717, 1.165) is 0 Å². The zero-order valence-electron chi connectivity index (χ0n) is 5.09. The van der Waals surface area contributed by atoms with Gasteiger partial charge in [-0.15, -0.1) is 0 Å². The monoisotopic (exact) mass is 111 g/mol. The van der Waals surface area contributed by atoms with E-state index in [9.17, 15) is 0 Å². The van der Waals surface area contributed by atoms with E-state index in [0.29, 0.717) is 0 Å². The van der Waals surface area contributed by atoms with Gasteiger partial charge in [0.1, 0.15) is 6.23 Å². The topological polar surface area (TPSA) is 12.5 Å². The van der Waals surface area contributed by atoms with Gasteiger partial charge in [0, 0.05) is 7.11 Å². The quantitative estimate of drug-likeness (QED) is 0.488. The van der Waals surface area contributed by atoms with E-state index in [-0.39, 0.29) is 6.23 Å². The first-order valence-electron chi connectivity index (χ1n) is 2.53. The summed E-state index contributed by atoms with van der Waals surface area (Å²) in [7, 11) is 3.60. The maximum absolute atomic E-state index is 5.00. The van der Waals surface area contributed by atoms with Crippen LogP contribution in [0.15, 0.2) is 12.2 Å². The lowest BCUT2D eigenvalue weighted by atomic mass is 10.5. The third-order valence-electron chi connectivity index (χ3n) is 1.16. The van der Waals surface area contributed by atoms with Crippen LogP contribution < -0.4 is 0 Å². The van der Waals surface area contributed by atoms with Gasteiger partial charge in [-0.2, -0.15) is 0 Å². The van der Waals surface area contributed by atoms with E-state index in [1.807, 2.05) is 24.1 Å². The first-order chi connectivity index (χ1) is 3.84. The van der Waals surface area contributed by atoms with Crippen LogP contribution in [0.4, 0.5) is 0 Å². The lowest BCUT2D eigenvalue weighted by molar-refractivity contribution is 0.0470. The predicted octanol–water partition coefficient (Wildman–Crippen LogP) is 0.499. The van der Waals surface area contributed by atoms with Gasteiger partial charge in [-0.25, -0.2) is 0 Å². The van der Waals surface area contributed by atoms with Crippen molar-refractivity contribution in [2.24, 2.45) is 0 Å². The number of rotatable bonds is 1. The summed E-state index contributed by atoms with van der Waals surface area (Å²) in [6.07, 6.45) is 3.91. The Kier molecular flexibility index (Phi) is 1.65. The molecule has 2 nitrogen and oxygen atoms in total. The second-order valence-electron chi connectivity index (χ2n) is 1.73. The molecule has 0 bridgehead atoms. The molecule has 0 amide bonds. The Morgan fingerprint density at radius 1 is 1.75 bits per heavy atom. The van der Waals surface area contributed by atoms with E-state index in [1.54, 1.807) is 7.11 Å². The minimum atomic E-state index is 0.106. The summed E-state index contributed by atoms with van der Waals surface area (Å²) in [5.74, 6) is 0. The van der Waals surface area contributed by atoms with Crippen molar-refractivity contribution in [2.45, 2.75) is 6.23 Å². The van der Waals surface area contributed by atoms with Crippen LogP contribution in [0.1, 0.15) is 0 Å². The van der Waals surface area contributed by atoms with Gasteiger partial charge in [-0.1, -0.05) is 6.08 Å². The molecular weight excluding hydrogens is 102 g/mol. The highest BCUT2D eigenvalue weighted by molar-refractivity contribution is 5.06. The third kappa shape index (κ3) is 0.904. The lowest BCUT2D eigenvalue weighted by Gasteiger charge is -2.15. The molecule has 0 aromatic heterocycles. The highest BCUT2D eigenvalue weighted by Crippen LogP contribution is 2.09. The number of ether oxygens (including phenoxy) is 1. The van der Waals surface area contributed by atoms with Crippen molar-refractivity contribution >= 4 is 0 Å². The Balaban J connectivity index is 2.41. The summed E-state index contributed by atoms with van der Waals surface area (Å²) in [4.78, 5) is 1.88. The van der Waals surface area contributed by atoms with Crippen molar-refractivity contribution in [3.05, 3.63) is 18.7 Å². The van der Waals surface area contributed by atoms with E-state index < -0.39 is 0 Å². The number of nitrogens with zero attached hydrogens (tertiary/aromatic N) is 1. The van der Waals surface area contributed by atoms with Crippen molar-refractivity contribution in [1.29, 1.82) is 0 Å². The molecule has 0 saturated carbocycles. The SMILES string of the molecule is COC1C=C[C]N1C. The lowest BCUT2D eigenvalue weighted by Crippen LogP contribution is -2.24. The summed E-state index contributed by atoms with van der Waals surface area (Å²) < 4.78 is 5.00. The average molecular weight is 111 g/mol. The minimum absolute atomic E-state index is 0.106. The first kappa shape index (κ1) is 5.79. The minimum Gasteiger partial charge on any atom is -0.363 e. The number of methoxy groups -OCH3 is 1. The van der Waals surface area contributed by atoms with Crippen molar-refractivity contribution in [3.8, 4) is 0 Å². The van der Waals surface area contributed by atoms with Crippen LogP contribution in [0, 0.1) is 6.54 Å². The van der Waals surface area contributed by atoms with Crippen LogP contribution in [0.25, 0.3) is 0 Å². The fourth-order valence-electron chi connectivity index (χ4n) is 0.682. The first-order valence-corrected chi connectivity index (χ1v) is 2.53. The summed E-state index contributed by atoms with van der Waals surface area (Å²) >= 11 is 0. The van der Waals surface area contributed by atoms with Gasteiger partial charge in [0.05, 0.1) is 6.54 Å². The molecule has 1 heterocycles. The van der Waals surface area contributed by atoms with Crippen LogP contribution in [0.3, 0.4) is 0 Å². The van der Waals surface area contributed by atoms with E-state index >= 15 is 0 Å². The van der Waals surface area contributed by atoms with Crippen molar-refractivity contribution in [2.75, 3.05) is 14.2 Å². The van der Waals surface area contributed by atoms with Crippen molar-refractivity contribution in [1.82, 2.24) is 4.90 Å². The Labute approximate surface area is 49.7 Å². The van der Waals surface area contributed by atoms with Crippen LogP contribution in [0.2, 0.25) is 0 Å². The summed E-state index contributed by atoms with van der Waals surface area (Å²) in [5, 5.41) is 0.